The van der Waals surface area contributed by atoms with Crippen LogP contribution in [0.1, 0.15) is 27.2 Å². The van der Waals surface area contributed by atoms with Crippen LogP contribution in [0.25, 0.3) is 0 Å². The highest BCUT2D eigenvalue weighted by atomic mass is 32.2. The van der Waals surface area contributed by atoms with E-state index in [4.69, 9.17) is 4.74 Å². The first-order valence-electron chi connectivity index (χ1n) is 6.73. The molecule has 0 radical (unpaired) electrons. The number of rotatable bonds is 5. The van der Waals surface area contributed by atoms with Crippen LogP contribution in [-0.4, -0.2) is 38.2 Å². The third-order valence-electron chi connectivity index (χ3n) is 3.66. The zero-order chi connectivity index (χ0) is 14.8. The van der Waals surface area contributed by atoms with Crippen molar-refractivity contribution in [2.45, 2.75) is 43.7 Å². The molecule has 1 aromatic heterocycles. The van der Waals surface area contributed by atoms with E-state index in [2.05, 4.69) is 15.0 Å². The number of sulfonamides is 1. The Morgan fingerprint density at radius 3 is 2.90 bits per heavy atom. The first-order valence-corrected chi connectivity index (χ1v) is 8.22. The van der Waals surface area contributed by atoms with E-state index in [1.807, 2.05) is 20.8 Å². The minimum Gasteiger partial charge on any atom is -0.376 e. The van der Waals surface area contributed by atoms with E-state index < -0.39 is 15.6 Å². The summed E-state index contributed by atoms with van der Waals surface area (Å²) in [5.74, 6) is 0.373. The van der Waals surface area contributed by atoms with Crippen LogP contribution in [0.5, 0.6) is 0 Å². The second kappa shape index (κ2) is 5.67. The summed E-state index contributed by atoms with van der Waals surface area (Å²) in [6.07, 6.45) is 2.07. The van der Waals surface area contributed by atoms with Crippen molar-refractivity contribution in [2.24, 2.45) is 0 Å². The summed E-state index contributed by atoms with van der Waals surface area (Å²) in [6, 6.07) is 3.17. The van der Waals surface area contributed by atoms with E-state index in [-0.39, 0.29) is 11.0 Å². The normalized spacial score (nSPS) is 26.6. The van der Waals surface area contributed by atoms with Crippen LogP contribution in [0.4, 0.5) is 5.82 Å². The fraction of sp³-hybridized carbons (Fsp3) is 0.615. The summed E-state index contributed by atoms with van der Waals surface area (Å²) in [5, 5.41) is 2.97. The van der Waals surface area contributed by atoms with Gasteiger partial charge in [-0.25, -0.2) is 18.1 Å². The van der Waals surface area contributed by atoms with Gasteiger partial charge in [0.15, 0.2) is 0 Å². The second-order valence-electron chi connectivity index (χ2n) is 5.17. The largest absolute Gasteiger partial charge is 0.376 e. The van der Waals surface area contributed by atoms with Gasteiger partial charge in [-0.1, -0.05) is 0 Å². The molecule has 2 rings (SSSR count). The van der Waals surface area contributed by atoms with Gasteiger partial charge in [0.05, 0.1) is 11.6 Å². The summed E-state index contributed by atoms with van der Waals surface area (Å²) in [4.78, 5) is 4.26. The number of nitrogens with zero attached hydrogens (tertiary/aromatic N) is 1. The Kier molecular flexibility index (Phi) is 4.31. The number of hydrogen-bond donors (Lipinski definition) is 2. The molecule has 112 valence electrons. The van der Waals surface area contributed by atoms with Crippen LogP contribution >= 0.6 is 0 Å². The van der Waals surface area contributed by atoms with E-state index in [9.17, 15) is 8.42 Å². The molecule has 2 unspecified atom stereocenters. The molecule has 1 fully saturated rings. The zero-order valence-corrected chi connectivity index (χ0v) is 12.8. The molecular formula is C13H21N3O3S. The van der Waals surface area contributed by atoms with Gasteiger partial charge in [-0.3, -0.25) is 0 Å². The van der Waals surface area contributed by atoms with Crippen molar-refractivity contribution in [1.82, 2.24) is 9.71 Å². The zero-order valence-electron chi connectivity index (χ0n) is 12.0. The van der Waals surface area contributed by atoms with Gasteiger partial charge in [0.25, 0.3) is 0 Å². The van der Waals surface area contributed by atoms with Gasteiger partial charge in [0.1, 0.15) is 10.7 Å². The van der Waals surface area contributed by atoms with Gasteiger partial charge in [0.2, 0.25) is 10.0 Å². The highest BCUT2D eigenvalue weighted by Gasteiger charge is 2.41. The van der Waals surface area contributed by atoms with Crippen LogP contribution in [0, 0.1) is 0 Å². The van der Waals surface area contributed by atoms with Crippen molar-refractivity contribution in [2.75, 3.05) is 18.5 Å². The first-order chi connectivity index (χ1) is 9.39. The SMILES string of the molecule is CCNc1ncccc1S(=O)(=O)NC1(C)CCOC1C. The summed E-state index contributed by atoms with van der Waals surface area (Å²) < 4.78 is 33.4. The van der Waals surface area contributed by atoms with Crippen molar-refractivity contribution < 1.29 is 13.2 Å². The molecular weight excluding hydrogens is 278 g/mol. The molecule has 2 N–H and O–H groups in total. The fourth-order valence-electron chi connectivity index (χ4n) is 2.24. The van der Waals surface area contributed by atoms with Crippen molar-refractivity contribution in [3.8, 4) is 0 Å². The average Bonchev–Trinajstić information content (AvgIpc) is 2.69. The standard InChI is InChI=1S/C13H21N3O3S/c1-4-14-12-11(6-5-8-15-12)20(17,18)16-13(3)7-9-19-10(13)2/h5-6,8,10,16H,4,7,9H2,1-3H3,(H,14,15). The maximum atomic E-state index is 12.6. The molecule has 1 saturated heterocycles. The Morgan fingerprint density at radius 2 is 2.30 bits per heavy atom. The van der Waals surface area contributed by atoms with Crippen molar-refractivity contribution in [3.63, 3.8) is 0 Å². The topological polar surface area (TPSA) is 80.3 Å². The highest BCUT2D eigenvalue weighted by Crippen LogP contribution is 2.28. The van der Waals surface area contributed by atoms with Crippen LogP contribution in [0.2, 0.25) is 0 Å². The van der Waals surface area contributed by atoms with E-state index in [1.165, 1.54) is 0 Å². The Bertz CT molecular complexity index is 576. The van der Waals surface area contributed by atoms with E-state index in [0.717, 1.165) is 0 Å². The highest BCUT2D eigenvalue weighted by molar-refractivity contribution is 7.89. The first kappa shape index (κ1) is 15.2. The van der Waals surface area contributed by atoms with E-state index >= 15 is 0 Å². The third kappa shape index (κ3) is 2.94. The van der Waals surface area contributed by atoms with Gasteiger partial charge in [-0.15, -0.1) is 0 Å². The minimum atomic E-state index is -3.64. The number of pyridine rings is 1. The van der Waals surface area contributed by atoms with Gasteiger partial charge < -0.3 is 10.1 Å². The fourth-order valence-corrected chi connectivity index (χ4v) is 3.87. The Labute approximate surface area is 120 Å². The monoisotopic (exact) mass is 299 g/mol. The molecule has 0 amide bonds. The number of hydrogen-bond acceptors (Lipinski definition) is 5. The molecule has 2 atom stereocenters. The average molecular weight is 299 g/mol. The molecule has 2 heterocycles. The summed E-state index contributed by atoms with van der Waals surface area (Å²) in [6.45, 7) is 6.81. The van der Waals surface area contributed by atoms with Crippen LogP contribution in [-0.2, 0) is 14.8 Å². The lowest BCUT2D eigenvalue weighted by atomic mass is 9.97. The quantitative estimate of drug-likeness (QED) is 0.858. The van der Waals surface area contributed by atoms with Gasteiger partial charge in [-0.2, -0.15) is 0 Å². The summed E-state index contributed by atoms with van der Waals surface area (Å²) in [7, 11) is -3.64. The molecule has 1 aliphatic heterocycles. The van der Waals surface area contributed by atoms with E-state index in [0.29, 0.717) is 25.4 Å². The molecule has 0 bridgehead atoms. The van der Waals surface area contributed by atoms with Gasteiger partial charge in [0, 0.05) is 19.3 Å². The van der Waals surface area contributed by atoms with Crippen molar-refractivity contribution >= 4 is 15.8 Å². The second-order valence-corrected chi connectivity index (χ2v) is 6.82. The lowest BCUT2D eigenvalue weighted by molar-refractivity contribution is 0.0957. The van der Waals surface area contributed by atoms with Crippen molar-refractivity contribution in [1.29, 1.82) is 0 Å². The van der Waals surface area contributed by atoms with E-state index in [1.54, 1.807) is 18.3 Å². The number of nitrogens with one attached hydrogen (secondary N) is 2. The van der Waals surface area contributed by atoms with Crippen LogP contribution in [0.3, 0.4) is 0 Å². The molecule has 0 aliphatic carbocycles. The molecule has 6 nitrogen and oxygen atoms in total. The summed E-state index contributed by atoms with van der Waals surface area (Å²) in [5.41, 5.74) is -0.585. The molecule has 0 spiro atoms. The Balaban J connectivity index is 2.31. The Morgan fingerprint density at radius 1 is 1.55 bits per heavy atom. The molecule has 1 aliphatic rings. The lowest BCUT2D eigenvalue weighted by Crippen LogP contribution is -2.50. The lowest BCUT2D eigenvalue weighted by Gasteiger charge is -2.28. The predicted octanol–water partition coefficient (Wildman–Crippen LogP) is 1.36. The number of ether oxygens (including phenoxy) is 1. The van der Waals surface area contributed by atoms with Gasteiger partial charge in [-0.05, 0) is 39.3 Å². The van der Waals surface area contributed by atoms with Crippen LogP contribution in [0.15, 0.2) is 23.2 Å². The van der Waals surface area contributed by atoms with Crippen LogP contribution < -0.4 is 10.0 Å². The summed E-state index contributed by atoms with van der Waals surface area (Å²) >= 11 is 0. The molecule has 0 aromatic carbocycles. The maximum absolute atomic E-state index is 12.6. The Hall–Kier alpha value is -1.18. The molecule has 0 saturated carbocycles. The number of anilines is 1. The third-order valence-corrected chi connectivity index (χ3v) is 5.30. The number of aromatic nitrogens is 1. The maximum Gasteiger partial charge on any atom is 0.244 e. The minimum absolute atomic E-state index is 0.156. The van der Waals surface area contributed by atoms with Crippen molar-refractivity contribution in [3.05, 3.63) is 18.3 Å². The van der Waals surface area contributed by atoms with Gasteiger partial charge >= 0.3 is 0 Å². The molecule has 1 aromatic rings. The smallest absolute Gasteiger partial charge is 0.244 e. The molecule has 7 heteroatoms. The predicted molar refractivity (Wildman–Crippen MR) is 77.2 cm³/mol. The molecule has 20 heavy (non-hydrogen) atoms.